The fourth-order valence-corrected chi connectivity index (χ4v) is 1.82. The topological polar surface area (TPSA) is 57.8 Å². The minimum Gasteiger partial charge on any atom is -0.325 e. The van der Waals surface area contributed by atoms with Crippen molar-refractivity contribution < 1.29 is 4.79 Å². The predicted molar refractivity (Wildman–Crippen MR) is 71.8 cm³/mol. The predicted octanol–water partition coefficient (Wildman–Crippen LogP) is 2.86. The summed E-state index contributed by atoms with van der Waals surface area (Å²) in [4.78, 5) is 11.8. The highest BCUT2D eigenvalue weighted by molar-refractivity contribution is 6.31. The molecule has 0 saturated carbocycles. The molecule has 0 saturated heterocycles. The second-order valence-electron chi connectivity index (χ2n) is 4.23. The van der Waals surface area contributed by atoms with E-state index >= 15 is 0 Å². The summed E-state index contributed by atoms with van der Waals surface area (Å²) in [6.45, 7) is 3.82. The number of aromatic amines is 1. The van der Waals surface area contributed by atoms with E-state index < -0.39 is 0 Å². The number of aryl methyl sites for hydroxylation is 2. The van der Waals surface area contributed by atoms with Crippen LogP contribution >= 0.6 is 11.6 Å². The monoisotopic (exact) mass is 263 g/mol. The number of H-pyrrole nitrogens is 1. The second kappa shape index (κ2) is 5.23. The zero-order valence-electron chi connectivity index (χ0n) is 10.2. The number of carbonyl (C=O) groups excluding carboxylic acids is 1. The van der Waals surface area contributed by atoms with Crippen molar-refractivity contribution in [1.82, 2.24) is 10.2 Å². The number of rotatable bonds is 3. The molecule has 1 amide bonds. The quantitative estimate of drug-likeness (QED) is 0.895. The minimum absolute atomic E-state index is 0.105. The fraction of sp³-hybridized carbons (Fsp3) is 0.231. The average Bonchev–Trinajstić information content (AvgIpc) is 2.69. The molecule has 2 N–H and O–H groups in total. The molecule has 2 aromatic rings. The molecule has 0 unspecified atom stereocenters. The molecule has 2 rings (SSSR count). The smallest absolute Gasteiger partial charge is 0.230 e. The first-order valence-electron chi connectivity index (χ1n) is 5.61. The Hall–Kier alpha value is -1.81. The highest BCUT2D eigenvalue weighted by atomic mass is 35.5. The Labute approximate surface area is 110 Å². The number of hydrogen-bond acceptors (Lipinski definition) is 2. The number of amides is 1. The third-order valence-electron chi connectivity index (χ3n) is 2.57. The maximum absolute atomic E-state index is 11.8. The van der Waals surface area contributed by atoms with Crippen molar-refractivity contribution in [1.29, 1.82) is 0 Å². The van der Waals surface area contributed by atoms with Gasteiger partial charge >= 0.3 is 0 Å². The van der Waals surface area contributed by atoms with Crippen LogP contribution in [0, 0.1) is 13.8 Å². The maximum Gasteiger partial charge on any atom is 0.230 e. The van der Waals surface area contributed by atoms with Gasteiger partial charge in [-0.05, 0) is 37.6 Å². The Morgan fingerprint density at radius 1 is 1.39 bits per heavy atom. The van der Waals surface area contributed by atoms with E-state index in [9.17, 15) is 4.79 Å². The Balaban J connectivity index is 2.05. The molecule has 0 atom stereocenters. The molecule has 1 aromatic heterocycles. The van der Waals surface area contributed by atoms with Crippen LogP contribution < -0.4 is 5.32 Å². The van der Waals surface area contributed by atoms with E-state index in [0.29, 0.717) is 5.02 Å². The van der Waals surface area contributed by atoms with Crippen molar-refractivity contribution >= 4 is 23.2 Å². The van der Waals surface area contributed by atoms with Crippen LogP contribution in [0.4, 0.5) is 5.69 Å². The van der Waals surface area contributed by atoms with Crippen LogP contribution in [-0.4, -0.2) is 16.1 Å². The van der Waals surface area contributed by atoms with E-state index in [2.05, 4.69) is 15.5 Å². The van der Waals surface area contributed by atoms with Crippen molar-refractivity contribution in [2.75, 3.05) is 5.32 Å². The van der Waals surface area contributed by atoms with Crippen LogP contribution in [0.1, 0.15) is 17.0 Å². The summed E-state index contributed by atoms with van der Waals surface area (Å²) in [5, 5.41) is 10.3. The molecule has 0 bridgehead atoms. The van der Waals surface area contributed by atoms with E-state index in [-0.39, 0.29) is 12.3 Å². The van der Waals surface area contributed by atoms with Crippen molar-refractivity contribution in [3.05, 3.63) is 46.2 Å². The van der Waals surface area contributed by atoms with Crippen molar-refractivity contribution in [3.8, 4) is 0 Å². The average molecular weight is 264 g/mol. The Kier molecular flexibility index (Phi) is 3.67. The summed E-state index contributed by atoms with van der Waals surface area (Å²) in [5.74, 6) is -0.105. The normalized spacial score (nSPS) is 10.4. The fourth-order valence-electron chi connectivity index (χ4n) is 1.65. The molecular weight excluding hydrogens is 250 g/mol. The van der Waals surface area contributed by atoms with Crippen molar-refractivity contribution in [3.63, 3.8) is 0 Å². The summed E-state index contributed by atoms with van der Waals surface area (Å²) in [6.07, 6.45) is 0.246. The van der Waals surface area contributed by atoms with Crippen LogP contribution in [0.25, 0.3) is 0 Å². The van der Waals surface area contributed by atoms with Gasteiger partial charge in [-0.15, -0.1) is 0 Å². The van der Waals surface area contributed by atoms with Gasteiger partial charge in [0.25, 0.3) is 0 Å². The van der Waals surface area contributed by atoms with E-state index in [4.69, 9.17) is 11.6 Å². The number of nitrogens with one attached hydrogen (secondary N) is 2. The lowest BCUT2D eigenvalue weighted by molar-refractivity contribution is -0.115. The van der Waals surface area contributed by atoms with Crippen LogP contribution in [0.2, 0.25) is 5.02 Å². The van der Waals surface area contributed by atoms with E-state index in [1.807, 2.05) is 26.0 Å². The summed E-state index contributed by atoms with van der Waals surface area (Å²) >= 11 is 5.90. The van der Waals surface area contributed by atoms with Gasteiger partial charge in [0.05, 0.1) is 12.1 Å². The molecule has 1 aromatic carbocycles. The lowest BCUT2D eigenvalue weighted by Gasteiger charge is -2.07. The van der Waals surface area contributed by atoms with Gasteiger partial charge in [-0.25, -0.2) is 0 Å². The molecule has 94 valence electrons. The maximum atomic E-state index is 11.8. The summed E-state index contributed by atoms with van der Waals surface area (Å²) in [5.41, 5.74) is 3.38. The molecule has 0 fully saturated rings. The lowest BCUT2D eigenvalue weighted by atomic mass is 10.2. The molecule has 1 heterocycles. The Bertz CT molecular complexity index is 577. The van der Waals surface area contributed by atoms with E-state index in [0.717, 1.165) is 22.6 Å². The second-order valence-corrected chi connectivity index (χ2v) is 4.66. The number of carbonyl (C=O) groups is 1. The molecule has 0 spiro atoms. The zero-order valence-corrected chi connectivity index (χ0v) is 11.0. The number of halogens is 1. The van der Waals surface area contributed by atoms with Gasteiger partial charge in [0.2, 0.25) is 5.91 Å². The number of benzene rings is 1. The summed E-state index contributed by atoms with van der Waals surface area (Å²) in [7, 11) is 0. The number of nitrogens with zero attached hydrogens (tertiary/aromatic N) is 1. The lowest BCUT2D eigenvalue weighted by Crippen LogP contribution is -2.15. The first kappa shape index (κ1) is 12.6. The molecule has 0 aliphatic rings. The summed E-state index contributed by atoms with van der Waals surface area (Å²) < 4.78 is 0. The van der Waals surface area contributed by atoms with Gasteiger partial charge in [0, 0.05) is 16.4 Å². The first-order valence-corrected chi connectivity index (χ1v) is 5.99. The first-order chi connectivity index (χ1) is 8.54. The van der Waals surface area contributed by atoms with E-state index in [1.165, 1.54) is 0 Å². The molecule has 5 heteroatoms. The molecular formula is C13H14ClN3O. The molecule has 18 heavy (non-hydrogen) atoms. The van der Waals surface area contributed by atoms with Gasteiger partial charge in [-0.3, -0.25) is 9.89 Å². The number of aromatic nitrogens is 2. The van der Waals surface area contributed by atoms with Crippen molar-refractivity contribution in [2.45, 2.75) is 20.3 Å². The largest absolute Gasteiger partial charge is 0.325 e. The zero-order chi connectivity index (χ0) is 13.1. The van der Waals surface area contributed by atoms with Crippen LogP contribution in [0.3, 0.4) is 0 Å². The molecule has 4 nitrogen and oxygen atoms in total. The third-order valence-corrected chi connectivity index (χ3v) is 2.81. The molecule has 0 aliphatic carbocycles. The Morgan fingerprint density at radius 3 is 2.83 bits per heavy atom. The van der Waals surface area contributed by atoms with Crippen molar-refractivity contribution in [2.24, 2.45) is 0 Å². The van der Waals surface area contributed by atoms with Gasteiger partial charge < -0.3 is 5.32 Å². The molecule has 0 aliphatic heterocycles. The number of hydrogen-bond donors (Lipinski definition) is 2. The van der Waals surface area contributed by atoms with Gasteiger partial charge in [-0.2, -0.15) is 5.10 Å². The van der Waals surface area contributed by atoms with Gasteiger partial charge in [-0.1, -0.05) is 17.7 Å². The van der Waals surface area contributed by atoms with E-state index in [1.54, 1.807) is 12.1 Å². The highest BCUT2D eigenvalue weighted by Gasteiger charge is 2.08. The standard InChI is InChI=1S/C13H14ClN3O/c1-8-3-4-10(14)6-12(8)15-13(18)7-11-5-9(2)16-17-11/h3-6H,7H2,1-2H3,(H,15,18)(H,16,17). The highest BCUT2D eigenvalue weighted by Crippen LogP contribution is 2.20. The molecule has 0 radical (unpaired) electrons. The summed E-state index contributed by atoms with van der Waals surface area (Å²) in [6, 6.07) is 7.26. The Morgan fingerprint density at radius 2 is 2.17 bits per heavy atom. The van der Waals surface area contributed by atoms with Crippen LogP contribution in [0.5, 0.6) is 0 Å². The minimum atomic E-state index is -0.105. The van der Waals surface area contributed by atoms with Gasteiger partial charge in [0.15, 0.2) is 0 Å². The SMILES string of the molecule is Cc1cc(CC(=O)Nc2cc(Cl)ccc2C)n[nH]1. The van der Waals surface area contributed by atoms with Gasteiger partial charge in [0.1, 0.15) is 0 Å². The van der Waals surface area contributed by atoms with Crippen LogP contribution in [0.15, 0.2) is 24.3 Å². The third kappa shape index (κ3) is 3.11. The number of anilines is 1. The van der Waals surface area contributed by atoms with Crippen LogP contribution in [-0.2, 0) is 11.2 Å².